The fraction of sp³-hybridized carbons (Fsp3) is 0.250. The van der Waals surface area contributed by atoms with E-state index in [1.807, 2.05) is 19.2 Å². The number of phenolic OH excluding ortho intramolecular Hbond substituents is 1. The molecule has 1 aromatic heterocycles. The van der Waals surface area contributed by atoms with Gasteiger partial charge in [0.15, 0.2) is 0 Å². The molecule has 1 atom stereocenters. The van der Waals surface area contributed by atoms with Gasteiger partial charge in [-0.25, -0.2) is 0 Å². The number of aromatic nitrogens is 2. The number of aromatic amines is 1. The van der Waals surface area contributed by atoms with Gasteiger partial charge in [0.1, 0.15) is 5.75 Å². The Bertz CT molecular complexity index is 479. The van der Waals surface area contributed by atoms with E-state index in [4.69, 9.17) is 0 Å². The minimum absolute atomic E-state index is 0.235. The van der Waals surface area contributed by atoms with Crippen LogP contribution in [0.5, 0.6) is 5.75 Å². The molecule has 0 aliphatic rings. The third-order valence-electron chi connectivity index (χ3n) is 2.64. The molecule has 0 saturated carbocycles. The predicted octanol–water partition coefficient (Wildman–Crippen LogP) is 2.06. The predicted molar refractivity (Wildman–Crippen MR) is 63.2 cm³/mol. The molecule has 4 heteroatoms. The number of benzene rings is 1. The van der Waals surface area contributed by atoms with Crippen LogP contribution in [0.25, 0.3) is 11.3 Å². The molecule has 0 aliphatic heterocycles. The summed E-state index contributed by atoms with van der Waals surface area (Å²) in [5.74, 6) is 0.253. The zero-order valence-electron chi connectivity index (χ0n) is 9.36. The van der Waals surface area contributed by atoms with Crippen molar-refractivity contribution >= 4 is 0 Å². The number of nitrogens with one attached hydrogen (secondary N) is 2. The molecule has 84 valence electrons. The van der Waals surface area contributed by atoms with Crippen molar-refractivity contribution in [3.63, 3.8) is 0 Å². The van der Waals surface area contributed by atoms with E-state index < -0.39 is 0 Å². The first-order chi connectivity index (χ1) is 7.70. The topological polar surface area (TPSA) is 60.9 Å². The summed E-state index contributed by atoms with van der Waals surface area (Å²) in [5, 5.41) is 19.7. The molecule has 0 spiro atoms. The monoisotopic (exact) mass is 217 g/mol. The molecule has 1 aromatic carbocycles. The van der Waals surface area contributed by atoms with Crippen LogP contribution in [0.4, 0.5) is 0 Å². The highest BCUT2D eigenvalue weighted by molar-refractivity contribution is 5.61. The quantitative estimate of drug-likeness (QED) is 0.737. The number of aromatic hydroxyl groups is 1. The Morgan fingerprint density at radius 2 is 2.19 bits per heavy atom. The Labute approximate surface area is 94.3 Å². The Morgan fingerprint density at radius 1 is 1.38 bits per heavy atom. The van der Waals surface area contributed by atoms with Crippen LogP contribution >= 0.6 is 0 Å². The molecule has 2 rings (SSSR count). The third-order valence-corrected chi connectivity index (χ3v) is 2.64. The largest absolute Gasteiger partial charge is 0.508 e. The smallest absolute Gasteiger partial charge is 0.116 e. The van der Waals surface area contributed by atoms with Crippen molar-refractivity contribution < 1.29 is 5.11 Å². The minimum atomic E-state index is 0.235. The molecule has 0 amide bonds. The first-order valence-electron chi connectivity index (χ1n) is 5.22. The van der Waals surface area contributed by atoms with Crippen molar-refractivity contribution in [3.05, 3.63) is 36.0 Å². The highest BCUT2D eigenvalue weighted by Crippen LogP contribution is 2.23. The van der Waals surface area contributed by atoms with Gasteiger partial charge in [-0.2, -0.15) is 5.10 Å². The maximum atomic E-state index is 9.39. The fourth-order valence-corrected chi connectivity index (χ4v) is 1.53. The average Bonchev–Trinajstić information content (AvgIpc) is 2.77. The summed E-state index contributed by atoms with van der Waals surface area (Å²) in [4.78, 5) is 0. The highest BCUT2D eigenvalue weighted by Gasteiger charge is 2.08. The molecule has 0 fully saturated rings. The molecule has 16 heavy (non-hydrogen) atoms. The van der Waals surface area contributed by atoms with Crippen molar-refractivity contribution in [2.45, 2.75) is 13.0 Å². The third kappa shape index (κ3) is 2.06. The summed E-state index contributed by atoms with van der Waals surface area (Å²) in [7, 11) is 1.90. The Balaban J connectivity index is 2.31. The molecular weight excluding hydrogens is 202 g/mol. The summed E-state index contributed by atoms with van der Waals surface area (Å²) < 4.78 is 0. The first kappa shape index (κ1) is 10.7. The molecule has 0 radical (unpaired) electrons. The summed E-state index contributed by atoms with van der Waals surface area (Å²) in [5.41, 5.74) is 2.78. The van der Waals surface area contributed by atoms with E-state index in [9.17, 15) is 5.11 Å². The highest BCUT2D eigenvalue weighted by atomic mass is 16.3. The van der Waals surface area contributed by atoms with Crippen molar-refractivity contribution in [1.29, 1.82) is 0 Å². The van der Waals surface area contributed by atoms with Gasteiger partial charge in [0.25, 0.3) is 0 Å². The Morgan fingerprint density at radius 3 is 2.88 bits per heavy atom. The number of H-pyrrole nitrogens is 1. The number of nitrogens with zero attached hydrogens (tertiary/aromatic N) is 1. The van der Waals surface area contributed by atoms with Crippen LogP contribution in [0, 0.1) is 0 Å². The lowest BCUT2D eigenvalue weighted by molar-refractivity contribution is 0.475. The van der Waals surface area contributed by atoms with Crippen LogP contribution < -0.4 is 5.32 Å². The lowest BCUT2D eigenvalue weighted by Crippen LogP contribution is -2.12. The average molecular weight is 217 g/mol. The maximum Gasteiger partial charge on any atom is 0.116 e. The number of phenols is 1. The second kappa shape index (κ2) is 4.37. The second-order valence-electron chi connectivity index (χ2n) is 3.77. The summed E-state index contributed by atoms with van der Waals surface area (Å²) >= 11 is 0. The Hall–Kier alpha value is -1.81. The standard InChI is InChI=1S/C12H15N3O/c1-8(13-2)11-7-12(15-14-11)9-4-3-5-10(16)6-9/h3-8,13,16H,1-2H3,(H,14,15). The van der Waals surface area contributed by atoms with Gasteiger partial charge in [0, 0.05) is 11.6 Å². The maximum absolute atomic E-state index is 9.39. The molecule has 1 heterocycles. The van der Waals surface area contributed by atoms with E-state index in [1.54, 1.807) is 18.2 Å². The lowest BCUT2D eigenvalue weighted by atomic mass is 10.1. The van der Waals surface area contributed by atoms with Gasteiger partial charge in [-0.05, 0) is 32.2 Å². The summed E-state index contributed by atoms with van der Waals surface area (Å²) in [6.45, 7) is 2.06. The van der Waals surface area contributed by atoms with E-state index in [1.165, 1.54) is 0 Å². The van der Waals surface area contributed by atoms with E-state index in [0.29, 0.717) is 0 Å². The van der Waals surface area contributed by atoms with E-state index in [2.05, 4.69) is 22.4 Å². The van der Waals surface area contributed by atoms with Gasteiger partial charge in [0.05, 0.1) is 11.4 Å². The van der Waals surface area contributed by atoms with Crippen LogP contribution in [0.2, 0.25) is 0 Å². The molecule has 1 unspecified atom stereocenters. The molecule has 0 aliphatic carbocycles. The van der Waals surface area contributed by atoms with Gasteiger partial charge < -0.3 is 10.4 Å². The van der Waals surface area contributed by atoms with Crippen molar-refractivity contribution in [2.75, 3.05) is 7.05 Å². The summed E-state index contributed by atoms with van der Waals surface area (Å²) in [6, 6.07) is 9.29. The van der Waals surface area contributed by atoms with E-state index in [0.717, 1.165) is 17.0 Å². The molecular formula is C12H15N3O. The van der Waals surface area contributed by atoms with Crippen LogP contribution in [-0.4, -0.2) is 22.4 Å². The lowest BCUT2D eigenvalue weighted by Gasteiger charge is -2.05. The van der Waals surface area contributed by atoms with E-state index >= 15 is 0 Å². The van der Waals surface area contributed by atoms with Crippen LogP contribution in [0.1, 0.15) is 18.7 Å². The Kier molecular flexibility index (Phi) is 2.92. The number of hydrogen-bond donors (Lipinski definition) is 3. The van der Waals surface area contributed by atoms with E-state index in [-0.39, 0.29) is 11.8 Å². The number of hydrogen-bond acceptors (Lipinski definition) is 3. The zero-order valence-corrected chi connectivity index (χ0v) is 9.36. The van der Waals surface area contributed by atoms with Crippen molar-refractivity contribution in [3.8, 4) is 17.0 Å². The van der Waals surface area contributed by atoms with Crippen molar-refractivity contribution in [2.24, 2.45) is 0 Å². The zero-order chi connectivity index (χ0) is 11.5. The normalized spacial score (nSPS) is 12.6. The number of rotatable bonds is 3. The van der Waals surface area contributed by atoms with Gasteiger partial charge in [0.2, 0.25) is 0 Å². The van der Waals surface area contributed by atoms with Crippen LogP contribution in [-0.2, 0) is 0 Å². The molecule has 3 N–H and O–H groups in total. The summed E-state index contributed by atoms with van der Waals surface area (Å²) in [6.07, 6.45) is 0. The second-order valence-corrected chi connectivity index (χ2v) is 3.77. The SMILES string of the molecule is CNC(C)c1cc(-c2cccc(O)c2)n[nH]1. The fourth-order valence-electron chi connectivity index (χ4n) is 1.53. The van der Waals surface area contributed by atoms with Crippen molar-refractivity contribution in [1.82, 2.24) is 15.5 Å². The molecule has 4 nitrogen and oxygen atoms in total. The van der Waals surface area contributed by atoms with Gasteiger partial charge in [-0.3, -0.25) is 5.10 Å². The van der Waals surface area contributed by atoms with Crippen LogP contribution in [0.3, 0.4) is 0 Å². The molecule has 0 bridgehead atoms. The molecule has 2 aromatic rings. The van der Waals surface area contributed by atoms with Gasteiger partial charge in [-0.1, -0.05) is 12.1 Å². The minimum Gasteiger partial charge on any atom is -0.508 e. The van der Waals surface area contributed by atoms with Gasteiger partial charge in [-0.15, -0.1) is 0 Å². The molecule has 0 saturated heterocycles. The van der Waals surface area contributed by atoms with Gasteiger partial charge >= 0.3 is 0 Å². The first-order valence-corrected chi connectivity index (χ1v) is 5.22. The van der Waals surface area contributed by atoms with Crippen LogP contribution in [0.15, 0.2) is 30.3 Å².